The third kappa shape index (κ3) is 5.28. The lowest BCUT2D eigenvalue weighted by Crippen LogP contribution is -2.47. The maximum atomic E-state index is 5.34. The van der Waals surface area contributed by atoms with E-state index in [1.54, 1.807) is 7.11 Å². The van der Waals surface area contributed by atoms with Gasteiger partial charge in [-0.05, 0) is 25.3 Å². The van der Waals surface area contributed by atoms with E-state index in [0.717, 1.165) is 38.2 Å². The van der Waals surface area contributed by atoms with Crippen LogP contribution in [-0.2, 0) is 4.74 Å². The number of nitrogens with zero attached hydrogens (tertiary/aromatic N) is 1. The number of hydrogen-bond acceptors (Lipinski definition) is 3. The van der Waals surface area contributed by atoms with Gasteiger partial charge in [0.05, 0.1) is 6.61 Å². The maximum Gasteiger partial charge on any atom is 0.0630 e. The van der Waals surface area contributed by atoms with E-state index in [1.807, 2.05) is 0 Å². The molecule has 1 rings (SSSR count). The van der Waals surface area contributed by atoms with Crippen molar-refractivity contribution in [3.63, 3.8) is 0 Å². The summed E-state index contributed by atoms with van der Waals surface area (Å²) in [5.74, 6) is 0.722. The minimum Gasteiger partial charge on any atom is -0.383 e. The average molecular weight is 228 g/mol. The van der Waals surface area contributed by atoms with Gasteiger partial charge in [0.25, 0.3) is 0 Å². The molecule has 1 atom stereocenters. The van der Waals surface area contributed by atoms with E-state index < -0.39 is 0 Å². The SMILES string of the molecule is CCN(CC(C)C)C(CNC1CC1)COC. The van der Waals surface area contributed by atoms with Crippen LogP contribution < -0.4 is 5.32 Å². The van der Waals surface area contributed by atoms with Crippen molar-refractivity contribution < 1.29 is 4.74 Å². The first-order chi connectivity index (χ1) is 7.67. The van der Waals surface area contributed by atoms with Crippen LogP contribution >= 0.6 is 0 Å². The van der Waals surface area contributed by atoms with Gasteiger partial charge in [-0.3, -0.25) is 4.90 Å². The van der Waals surface area contributed by atoms with Crippen molar-refractivity contribution in [2.45, 2.75) is 45.7 Å². The van der Waals surface area contributed by atoms with Crippen molar-refractivity contribution in [3.8, 4) is 0 Å². The van der Waals surface area contributed by atoms with Crippen LogP contribution in [0.3, 0.4) is 0 Å². The monoisotopic (exact) mass is 228 g/mol. The molecule has 1 aliphatic carbocycles. The first-order valence-electron chi connectivity index (χ1n) is 6.63. The molecule has 0 amide bonds. The van der Waals surface area contributed by atoms with Gasteiger partial charge in [-0.1, -0.05) is 20.8 Å². The molecule has 1 aliphatic rings. The third-order valence-electron chi connectivity index (χ3n) is 3.10. The van der Waals surface area contributed by atoms with Crippen LogP contribution in [0.2, 0.25) is 0 Å². The van der Waals surface area contributed by atoms with E-state index in [-0.39, 0.29) is 0 Å². The van der Waals surface area contributed by atoms with Crippen molar-refractivity contribution in [3.05, 3.63) is 0 Å². The highest BCUT2D eigenvalue weighted by molar-refractivity contribution is 4.84. The van der Waals surface area contributed by atoms with Crippen LogP contribution in [0.1, 0.15) is 33.6 Å². The Morgan fingerprint density at radius 2 is 2.06 bits per heavy atom. The van der Waals surface area contributed by atoms with Gasteiger partial charge in [-0.25, -0.2) is 0 Å². The Kier molecular flexibility index (Phi) is 6.32. The molecule has 0 heterocycles. The Balaban J connectivity index is 2.35. The minimum atomic E-state index is 0.526. The quantitative estimate of drug-likeness (QED) is 0.650. The molecule has 96 valence electrons. The molecule has 0 aromatic carbocycles. The second kappa shape index (κ2) is 7.25. The molecular formula is C13H28N2O. The van der Waals surface area contributed by atoms with E-state index in [4.69, 9.17) is 4.74 Å². The van der Waals surface area contributed by atoms with Crippen molar-refractivity contribution in [2.75, 3.05) is 33.4 Å². The van der Waals surface area contributed by atoms with E-state index in [9.17, 15) is 0 Å². The molecule has 1 saturated carbocycles. The van der Waals surface area contributed by atoms with Crippen LogP contribution in [0.15, 0.2) is 0 Å². The van der Waals surface area contributed by atoms with Gasteiger partial charge in [0, 0.05) is 32.3 Å². The zero-order valence-corrected chi connectivity index (χ0v) is 11.3. The Morgan fingerprint density at radius 1 is 1.38 bits per heavy atom. The molecule has 0 spiro atoms. The summed E-state index contributed by atoms with van der Waals surface area (Å²) in [5.41, 5.74) is 0. The molecule has 3 heteroatoms. The standard InChI is InChI=1S/C13H28N2O/c1-5-15(9-11(2)3)13(10-16-4)8-14-12-6-7-12/h11-14H,5-10H2,1-4H3. The largest absolute Gasteiger partial charge is 0.383 e. The van der Waals surface area contributed by atoms with Crippen molar-refractivity contribution in [1.29, 1.82) is 0 Å². The number of methoxy groups -OCH3 is 1. The lowest BCUT2D eigenvalue weighted by molar-refractivity contribution is 0.0847. The summed E-state index contributed by atoms with van der Waals surface area (Å²) in [4.78, 5) is 2.53. The van der Waals surface area contributed by atoms with E-state index in [0.29, 0.717) is 6.04 Å². The molecule has 0 saturated heterocycles. The van der Waals surface area contributed by atoms with Crippen LogP contribution in [0.5, 0.6) is 0 Å². The minimum absolute atomic E-state index is 0.526. The molecule has 0 radical (unpaired) electrons. The van der Waals surface area contributed by atoms with Gasteiger partial charge in [0.1, 0.15) is 0 Å². The van der Waals surface area contributed by atoms with E-state index in [2.05, 4.69) is 31.0 Å². The van der Waals surface area contributed by atoms with Crippen molar-refractivity contribution in [1.82, 2.24) is 10.2 Å². The average Bonchev–Trinajstić information content (AvgIpc) is 3.04. The fourth-order valence-electron chi connectivity index (χ4n) is 2.08. The van der Waals surface area contributed by atoms with Crippen molar-refractivity contribution in [2.24, 2.45) is 5.92 Å². The second-order valence-electron chi connectivity index (χ2n) is 5.27. The van der Waals surface area contributed by atoms with Gasteiger partial charge < -0.3 is 10.1 Å². The number of likely N-dealkylation sites (N-methyl/N-ethyl adjacent to an activating group) is 1. The predicted molar refractivity (Wildman–Crippen MR) is 68.8 cm³/mol. The normalized spacial score (nSPS) is 18.4. The Bertz CT molecular complexity index is 181. The fourth-order valence-corrected chi connectivity index (χ4v) is 2.08. The van der Waals surface area contributed by atoms with Gasteiger partial charge in [-0.2, -0.15) is 0 Å². The first kappa shape index (κ1) is 13.9. The van der Waals surface area contributed by atoms with Crippen LogP contribution in [0, 0.1) is 5.92 Å². The summed E-state index contributed by atoms with van der Waals surface area (Å²) >= 11 is 0. The fraction of sp³-hybridized carbons (Fsp3) is 1.00. The molecule has 0 aromatic heterocycles. The zero-order valence-electron chi connectivity index (χ0n) is 11.3. The number of rotatable bonds is 9. The van der Waals surface area contributed by atoms with E-state index in [1.165, 1.54) is 12.8 Å². The van der Waals surface area contributed by atoms with Gasteiger partial charge >= 0.3 is 0 Å². The summed E-state index contributed by atoms with van der Waals surface area (Å²) in [6, 6.07) is 1.31. The molecule has 1 unspecified atom stereocenters. The molecular weight excluding hydrogens is 200 g/mol. The summed E-state index contributed by atoms with van der Waals surface area (Å²) in [7, 11) is 1.80. The van der Waals surface area contributed by atoms with Crippen LogP contribution in [0.25, 0.3) is 0 Å². The topological polar surface area (TPSA) is 24.5 Å². The van der Waals surface area contributed by atoms with E-state index >= 15 is 0 Å². The smallest absolute Gasteiger partial charge is 0.0630 e. The molecule has 1 fully saturated rings. The zero-order chi connectivity index (χ0) is 12.0. The summed E-state index contributed by atoms with van der Waals surface area (Å²) in [6.45, 7) is 11.0. The Morgan fingerprint density at radius 3 is 2.50 bits per heavy atom. The Hall–Kier alpha value is -0.120. The Labute approximate surface area is 101 Å². The lowest BCUT2D eigenvalue weighted by atomic mass is 10.1. The summed E-state index contributed by atoms with van der Waals surface area (Å²) in [5, 5.41) is 3.61. The van der Waals surface area contributed by atoms with Gasteiger partial charge in [-0.15, -0.1) is 0 Å². The van der Waals surface area contributed by atoms with Crippen LogP contribution in [-0.4, -0.2) is 50.3 Å². The second-order valence-corrected chi connectivity index (χ2v) is 5.27. The summed E-state index contributed by atoms with van der Waals surface area (Å²) in [6.07, 6.45) is 2.71. The van der Waals surface area contributed by atoms with Crippen molar-refractivity contribution >= 4 is 0 Å². The van der Waals surface area contributed by atoms with Gasteiger partial charge in [0.2, 0.25) is 0 Å². The molecule has 1 N–H and O–H groups in total. The number of hydrogen-bond donors (Lipinski definition) is 1. The maximum absolute atomic E-state index is 5.34. The number of nitrogens with one attached hydrogen (secondary N) is 1. The molecule has 0 bridgehead atoms. The third-order valence-corrected chi connectivity index (χ3v) is 3.10. The predicted octanol–water partition coefficient (Wildman–Crippen LogP) is 1.73. The molecule has 0 aliphatic heterocycles. The highest BCUT2D eigenvalue weighted by Gasteiger charge is 2.24. The number of ether oxygens (including phenoxy) is 1. The highest BCUT2D eigenvalue weighted by Crippen LogP contribution is 2.18. The highest BCUT2D eigenvalue weighted by atomic mass is 16.5. The summed E-state index contributed by atoms with van der Waals surface area (Å²) < 4.78 is 5.34. The molecule has 0 aromatic rings. The van der Waals surface area contributed by atoms with Gasteiger partial charge in [0.15, 0.2) is 0 Å². The molecule has 16 heavy (non-hydrogen) atoms. The first-order valence-corrected chi connectivity index (χ1v) is 6.63. The van der Waals surface area contributed by atoms with Crippen LogP contribution in [0.4, 0.5) is 0 Å². The lowest BCUT2D eigenvalue weighted by Gasteiger charge is -2.31. The molecule has 3 nitrogen and oxygen atoms in total.